The lowest BCUT2D eigenvalue weighted by Gasteiger charge is -2.11. The van der Waals surface area contributed by atoms with E-state index in [1.165, 1.54) is 12.1 Å². The van der Waals surface area contributed by atoms with Crippen LogP contribution in [-0.4, -0.2) is 40.5 Å². The van der Waals surface area contributed by atoms with E-state index in [9.17, 15) is 9.18 Å². The first kappa shape index (κ1) is 23.9. The quantitative estimate of drug-likeness (QED) is 0.249. The third kappa shape index (κ3) is 8.00. The number of primary amides is 1. The highest BCUT2D eigenvalue weighted by molar-refractivity contribution is 5.92. The molecule has 1 heterocycles. The van der Waals surface area contributed by atoms with Crippen LogP contribution in [0.1, 0.15) is 35.2 Å². The standard InChI is InChI=1S/C23H29FN8O/c24-18-5-4-6-19(15-18)29-23-31-21(27-13-3-1-2-12-25)30-22(32-23)28-14-11-16-7-9-17(10-8-16)20(26)33/h4-10,15H,1-3,11-14,25H2,(H2,26,33)(H3,27,28,29,30,31,32). The molecule has 174 valence electrons. The van der Waals surface area contributed by atoms with Crippen molar-refractivity contribution in [1.82, 2.24) is 15.0 Å². The molecule has 1 aromatic heterocycles. The van der Waals surface area contributed by atoms with Crippen molar-refractivity contribution in [2.45, 2.75) is 25.7 Å². The highest BCUT2D eigenvalue weighted by Crippen LogP contribution is 2.17. The fraction of sp³-hybridized carbons (Fsp3) is 0.304. The normalized spacial score (nSPS) is 10.6. The number of nitrogens with two attached hydrogens (primary N) is 2. The van der Waals surface area contributed by atoms with Gasteiger partial charge in [-0.25, -0.2) is 4.39 Å². The van der Waals surface area contributed by atoms with Gasteiger partial charge < -0.3 is 27.4 Å². The van der Waals surface area contributed by atoms with Crippen LogP contribution in [0.4, 0.5) is 27.9 Å². The van der Waals surface area contributed by atoms with Gasteiger partial charge in [-0.1, -0.05) is 24.6 Å². The van der Waals surface area contributed by atoms with Gasteiger partial charge in [-0.05, 0) is 61.7 Å². The molecular weight excluding hydrogens is 423 g/mol. The maximum Gasteiger partial charge on any atom is 0.248 e. The molecule has 7 N–H and O–H groups in total. The molecular formula is C23H29FN8O. The summed E-state index contributed by atoms with van der Waals surface area (Å²) >= 11 is 0. The Morgan fingerprint density at radius 1 is 0.879 bits per heavy atom. The predicted octanol–water partition coefficient (Wildman–Crippen LogP) is 3.05. The van der Waals surface area contributed by atoms with Crippen molar-refractivity contribution in [3.8, 4) is 0 Å². The summed E-state index contributed by atoms with van der Waals surface area (Å²) in [4.78, 5) is 24.4. The Balaban J connectivity index is 1.65. The minimum absolute atomic E-state index is 0.299. The smallest absolute Gasteiger partial charge is 0.248 e. The number of carbonyl (C=O) groups is 1. The summed E-state index contributed by atoms with van der Waals surface area (Å²) in [7, 11) is 0. The largest absolute Gasteiger partial charge is 0.366 e. The molecule has 0 aliphatic heterocycles. The predicted molar refractivity (Wildman–Crippen MR) is 128 cm³/mol. The number of hydrogen-bond acceptors (Lipinski definition) is 8. The molecule has 0 saturated carbocycles. The summed E-state index contributed by atoms with van der Waals surface area (Å²) in [5.41, 5.74) is 12.9. The number of unbranched alkanes of at least 4 members (excludes halogenated alkanes) is 2. The maximum absolute atomic E-state index is 13.5. The highest BCUT2D eigenvalue weighted by atomic mass is 19.1. The second-order valence-electron chi connectivity index (χ2n) is 7.46. The molecule has 0 fully saturated rings. The SMILES string of the molecule is NCCCCCNc1nc(NCCc2ccc(C(N)=O)cc2)nc(Nc2cccc(F)c2)n1. The fourth-order valence-corrected chi connectivity index (χ4v) is 3.09. The molecule has 10 heteroatoms. The second-order valence-corrected chi connectivity index (χ2v) is 7.46. The van der Waals surface area contributed by atoms with Gasteiger partial charge in [-0.3, -0.25) is 4.79 Å². The van der Waals surface area contributed by atoms with Crippen molar-refractivity contribution in [3.05, 3.63) is 65.5 Å². The first-order chi connectivity index (χ1) is 16.0. The van der Waals surface area contributed by atoms with Crippen LogP contribution in [0.15, 0.2) is 48.5 Å². The molecule has 2 aromatic carbocycles. The number of nitrogens with zero attached hydrogens (tertiary/aromatic N) is 3. The van der Waals surface area contributed by atoms with E-state index in [-0.39, 0.29) is 5.82 Å². The van der Waals surface area contributed by atoms with Crippen molar-refractivity contribution in [2.24, 2.45) is 11.5 Å². The molecule has 0 saturated heterocycles. The molecule has 0 unspecified atom stereocenters. The van der Waals surface area contributed by atoms with Crippen LogP contribution in [0.5, 0.6) is 0 Å². The monoisotopic (exact) mass is 452 g/mol. The fourth-order valence-electron chi connectivity index (χ4n) is 3.09. The Hall–Kier alpha value is -3.79. The number of benzene rings is 2. The van der Waals surface area contributed by atoms with E-state index in [2.05, 4.69) is 30.9 Å². The number of aromatic nitrogens is 3. The number of anilines is 4. The highest BCUT2D eigenvalue weighted by Gasteiger charge is 2.08. The van der Waals surface area contributed by atoms with Crippen LogP contribution >= 0.6 is 0 Å². The minimum atomic E-state index is -0.453. The summed E-state index contributed by atoms with van der Waals surface area (Å²) in [5, 5.41) is 9.42. The molecule has 0 bridgehead atoms. The van der Waals surface area contributed by atoms with Crippen LogP contribution < -0.4 is 27.4 Å². The topological polar surface area (TPSA) is 144 Å². The zero-order chi connectivity index (χ0) is 23.5. The average Bonchev–Trinajstić information content (AvgIpc) is 2.79. The molecule has 0 atom stereocenters. The number of hydrogen-bond donors (Lipinski definition) is 5. The van der Waals surface area contributed by atoms with Crippen molar-refractivity contribution in [3.63, 3.8) is 0 Å². The summed E-state index contributed by atoms with van der Waals surface area (Å²) in [5.74, 6) is 0.305. The molecule has 1 amide bonds. The summed E-state index contributed by atoms with van der Waals surface area (Å²) in [6.07, 6.45) is 3.62. The van der Waals surface area contributed by atoms with Gasteiger partial charge in [0.05, 0.1) is 0 Å². The molecule has 3 rings (SSSR count). The molecule has 33 heavy (non-hydrogen) atoms. The van der Waals surface area contributed by atoms with E-state index < -0.39 is 5.91 Å². The first-order valence-electron chi connectivity index (χ1n) is 10.9. The van der Waals surface area contributed by atoms with Crippen LogP contribution in [0, 0.1) is 5.82 Å². The maximum atomic E-state index is 13.5. The minimum Gasteiger partial charge on any atom is -0.366 e. The van der Waals surface area contributed by atoms with E-state index in [4.69, 9.17) is 11.5 Å². The van der Waals surface area contributed by atoms with Gasteiger partial charge >= 0.3 is 0 Å². The Morgan fingerprint density at radius 3 is 2.24 bits per heavy atom. The van der Waals surface area contributed by atoms with Crippen LogP contribution in [0.25, 0.3) is 0 Å². The van der Waals surface area contributed by atoms with E-state index in [1.54, 1.807) is 24.3 Å². The average molecular weight is 453 g/mol. The van der Waals surface area contributed by atoms with Crippen LogP contribution in [-0.2, 0) is 6.42 Å². The lowest BCUT2D eigenvalue weighted by molar-refractivity contribution is 0.100. The zero-order valence-corrected chi connectivity index (χ0v) is 18.4. The van der Waals surface area contributed by atoms with Gasteiger partial charge in [-0.15, -0.1) is 0 Å². The molecule has 3 aromatic rings. The summed E-state index contributed by atoms with van der Waals surface area (Å²) in [6, 6.07) is 13.2. The number of rotatable bonds is 13. The number of amides is 1. The lowest BCUT2D eigenvalue weighted by Crippen LogP contribution is -2.14. The Morgan fingerprint density at radius 2 is 1.58 bits per heavy atom. The van der Waals surface area contributed by atoms with Crippen molar-refractivity contribution in [2.75, 3.05) is 35.6 Å². The van der Waals surface area contributed by atoms with Gasteiger partial charge in [0.25, 0.3) is 0 Å². The lowest BCUT2D eigenvalue weighted by atomic mass is 10.1. The number of nitrogens with one attached hydrogen (secondary N) is 3. The van der Waals surface area contributed by atoms with E-state index >= 15 is 0 Å². The number of halogens is 1. The Kier molecular flexibility index (Phi) is 8.89. The van der Waals surface area contributed by atoms with Gasteiger partial charge in [0, 0.05) is 24.3 Å². The molecule has 0 aliphatic carbocycles. The van der Waals surface area contributed by atoms with Gasteiger partial charge in [0.1, 0.15) is 5.82 Å². The molecule has 0 spiro atoms. The van der Waals surface area contributed by atoms with Crippen molar-refractivity contribution in [1.29, 1.82) is 0 Å². The molecule has 9 nitrogen and oxygen atoms in total. The first-order valence-corrected chi connectivity index (χ1v) is 10.9. The van der Waals surface area contributed by atoms with Crippen LogP contribution in [0.2, 0.25) is 0 Å². The van der Waals surface area contributed by atoms with Gasteiger partial charge in [0.2, 0.25) is 23.8 Å². The van der Waals surface area contributed by atoms with E-state index in [0.29, 0.717) is 55.2 Å². The summed E-state index contributed by atoms with van der Waals surface area (Å²) in [6.45, 7) is 1.94. The molecule has 0 aliphatic rings. The van der Waals surface area contributed by atoms with Crippen LogP contribution in [0.3, 0.4) is 0 Å². The van der Waals surface area contributed by atoms with Gasteiger partial charge in [-0.2, -0.15) is 15.0 Å². The van der Waals surface area contributed by atoms with Crippen molar-refractivity contribution < 1.29 is 9.18 Å². The molecule has 0 radical (unpaired) electrons. The van der Waals surface area contributed by atoms with E-state index in [1.807, 2.05) is 12.1 Å². The third-order valence-electron chi connectivity index (χ3n) is 4.82. The van der Waals surface area contributed by atoms with Crippen molar-refractivity contribution >= 4 is 29.4 Å². The Bertz CT molecular complexity index is 1040. The number of carbonyl (C=O) groups excluding carboxylic acids is 1. The van der Waals surface area contributed by atoms with Gasteiger partial charge in [0.15, 0.2) is 0 Å². The van der Waals surface area contributed by atoms with E-state index in [0.717, 1.165) is 24.8 Å². The Labute approximate surface area is 192 Å². The zero-order valence-electron chi connectivity index (χ0n) is 18.4. The summed E-state index contributed by atoms with van der Waals surface area (Å²) < 4.78 is 13.5. The second kappa shape index (κ2) is 12.3. The third-order valence-corrected chi connectivity index (χ3v) is 4.82.